The number of rotatable bonds is 0. The molecule has 0 atom stereocenters. The smallest absolute Gasteiger partial charge is 0.196 e. The molecule has 0 amide bonds. The zero-order valence-electron chi connectivity index (χ0n) is 9.61. The van der Waals surface area contributed by atoms with Gasteiger partial charge in [0.1, 0.15) is 0 Å². The molecule has 0 fully saturated rings. The van der Waals surface area contributed by atoms with Crippen LogP contribution in [0, 0.1) is 0 Å². The Morgan fingerprint density at radius 3 is 2.05 bits per heavy atom. The molecule has 5 heteroatoms. The second kappa shape index (κ2) is 5.07. The van der Waals surface area contributed by atoms with Gasteiger partial charge in [-0.3, -0.25) is 9.59 Å². The van der Waals surface area contributed by atoms with Gasteiger partial charge in [-0.2, -0.15) is 0 Å². The van der Waals surface area contributed by atoms with Gasteiger partial charge in [0, 0.05) is 26.1 Å². The van der Waals surface area contributed by atoms with Crippen molar-refractivity contribution >= 4 is 45.8 Å². The third kappa shape index (κ3) is 1.89. The normalized spacial score (nSPS) is 12.5. The van der Waals surface area contributed by atoms with Crippen LogP contribution < -0.4 is 5.73 Å². The highest BCUT2D eigenvalue weighted by Crippen LogP contribution is 2.38. The van der Waals surface area contributed by atoms with Crippen molar-refractivity contribution in [1.29, 1.82) is 0 Å². The van der Waals surface area contributed by atoms with E-state index < -0.39 is 0 Å². The number of ketones is 2. The average molecular weight is 350 g/mol. The van der Waals surface area contributed by atoms with Gasteiger partial charge < -0.3 is 5.73 Å². The summed E-state index contributed by atoms with van der Waals surface area (Å²) in [4.78, 5) is 25.4. The van der Waals surface area contributed by atoms with Crippen LogP contribution >= 0.6 is 28.6 Å². The Balaban J connectivity index is 0.00000147. The summed E-state index contributed by atoms with van der Waals surface area (Å²) in [7, 11) is 0. The molecule has 1 aliphatic carbocycles. The number of fused-ring (bicyclic) bond motifs is 2. The molecule has 0 heterocycles. The first kappa shape index (κ1) is 14.8. The number of carbonyl (C=O) groups is 2. The minimum Gasteiger partial charge on any atom is -0.397 e. The number of hydrogen-bond donors (Lipinski definition) is 2. The van der Waals surface area contributed by atoms with Gasteiger partial charge in [0.25, 0.3) is 0 Å². The highest BCUT2D eigenvalue weighted by Gasteiger charge is 2.33. The maximum absolute atomic E-state index is 12.5. The topological polar surface area (TPSA) is 60.2 Å². The number of carbonyl (C=O) groups excluding carboxylic acids is 2. The van der Waals surface area contributed by atoms with Crippen LogP contribution in [0.4, 0.5) is 5.69 Å². The number of nitrogen functional groups attached to an aromatic ring is 1. The van der Waals surface area contributed by atoms with Crippen LogP contribution in [0.2, 0.25) is 0 Å². The Morgan fingerprint density at radius 1 is 1.00 bits per heavy atom. The SMILES string of the molecule is C.Nc1c(Br)cc(S)c2c1C(=O)c1ccccc1C2=O. The molecule has 0 aliphatic heterocycles. The van der Waals surface area contributed by atoms with Crippen molar-refractivity contribution in [2.24, 2.45) is 0 Å². The van der Waals surface area contributed by atoms with Crippen molar-refractivity contribution in [2.45, 2.75) is 12.3 Å². The summed E-state index contributed by atoms with van der Waals surface area (Å²) in [6.07, 6.45) is 0. The molecule has 2 N–H and O–H groups in total. The number of nitrogens with two attached hydrogens (primary N) is 1. The molecule has 0 saturated heterocycles. The van der Waals surface area contributed by atoms with Crippen LogP contribution in [0.25, 0.3) is 0 Å². The van der Waals surface area contributed by atoms with E-state index in [1.807, 2.05) is 0 Å². The average Bonchev–Trinajstić information content (AvgIpc) is 2.40. The summed E-state index contributed by atoms with van der Waals surface area (Å²) in [5, 5.41) is 0. The second-order valence-corrected chi connectivity index (χ2v) is 5.58. The lowest BCUT2D eigenvalue weighted by atomic mass is 9.83. The molecule has 102 valence electrons. The molecule has 0 unspecified atom stereocenters. The van der Waals surface area contributed by atoms with Crippen LogP contribution in [0.3, 0.4) is 0 Å². The van der Waals surface area contributed by atoms with Crippen molar-refractivity contribution in [3.8, 4) is 0 Å². The molecule has 20 heavy (non-hydrogen) atoms. The van der Waals surface area contributed by atoms with Gasteiger partial charge in [-0.05, 0) is 22.0 Å². The maximum Gasteiger partial charge on any atom is 0.196 e. The summed E-state index contributed by atoms with van der Waals surface area (Å²) >= 11 is 7.56. The largest absolute Gasteiger partial charge is 0.397 e. The van der Waals surface area contributed by atoms with E-state index in [1.165, 1.54) is 0 Å². The highest BCUT2D eigenvalue weighted by molar-refractivity contribution is 9.10. The summed E-state index contributed by atoms with van der Waals surface area (Å²) in [6, 6.07) is 8.37. The molecule has 0 aromatic heterocycles. The molecule has 1 aliphatic rings. The van der Waals surface area contributed by atoms with Crippen molar-refractivity contribution in [3.63, 3.8) is 0 Å². The monoisotopic (exact) mass is 349 g/mol. The summed E-state index contributed by atoms with van der Waals surface area (Å²) in [5.41, 5.74) is 7.52. The van der Waals surface area contributed by atoms with Crippen LogP contribution in [0.15, 0.2) is 39.7 Å². The van der Waals surface area contributed by atoms with Crippen LogP contribution in [-0.4, -0.2) is 11.6 Å². The Bertz CT molecular complexity index is 756. The first-order valence-corrected chi connectivity index (χ1v) is 6.75. The predicted molar refractivity (Wildman–Crippen MR) is 85.8 cm³/mol. The highest BCUT2D eigenvalue weighted by atomic mass is 79.9. The quantitative estimate of drug-likeness (QED) is 0.480. The van der Waals surface area contributed by atoms with E-state index in [2.05, 4.69) is 28.6 Å². The van der Waals surface area contributed by atoms with E-state index in [1.54, 1.807) is 30.3 Å². The van der Waals surface area contributed by atoms with Crippen LogP contribution in [0.5, 0.6) is 0 Å². The van der Waals surface area contributed by atoms with Crippen molar-refractivity contribution in [3.05, 3.63) is 57.1 Å². The van der Waals surface area contributed by atoms with Crippen LogP contribution in [-0.2, 0) is 0 Å². The molecular weight excluding hydrogens is 338 g/mol. The second-order valence-electron chi connectivity index (χ2n) is 4.25. The minimum absolute atomic E-state index is 0. The number of halogens is 1. The van der Waals surface area contributed by atoms with E-state index in [-0.39, 0.29) is 35.8 Å². The van der Waals surface area contributed by atoms with Gasteiger partial charge >= 0.3 is 0 Å². The Labute approximate surface area is 130 Å². The fourth-order valence-corrected chi connectivity index (χ4v) is 3.21. The van der Waals surface area contributed by atoms with Crippen molar-refractivity contribution in [2.75, 3.05) is 5.73 Å². The molecular formula is C15H12BrNO2S. The van der Waals surface area contributed by atoms with Gasteiger partial charge in [-0.15, -0.1) is 12.6 Å². The summed E-state index contributed by atoms with van der Waals surface area (Å²) in [6.45, 7) is 0. The number of benzene rings is 2. The van der Waals surface area contributed by atoms with Gasteiger partial charge in [-0.25, -0.2) is 0 Å². The van der Waals surface area contributed by atoms with Crippen molar-refractivity contribution < 1.29 is 9.59 Å². The molecule has 0 radical (unpaired) electrons. The first-order chi connectivity index (χ1) is 9.02. The predicted octanol–water partition coefficient (Wildman–Crippen LogP) is 3.73. The molecule has 0 spiro atoms. The lowest BCUT2D eigenvalue weighted by Crippen LogP contribution is -2.23. The maximum atomic E-state index is 12.5. The molecule has 3 nitrogen and oxygen atoms in total. The van der Waals surface area contributed by atoms with E-state index in [4.69, 9.17) is 5.73 Å². The number of anilines is 1. The van der Waals surface area contributed by atoms with Crippen LogP contribution in [0.1, 0.15) is 39.3 Å². The zero-order valence-corrected chi connectivity index (χ0v) is 12.1. The lowest BCUT2D eigenvalue weighted by molar-refractivity contribution is 0.0977. The van der Waals surface area contributed by atoms with E-state index in [0.29, 0.717) is 20.5 Å². The molecule has 0 bridgehead atoms. The first-order valence-electron chi connectivity index (χ1n) is 5.51. The summed E-state index contributed by atoms with van der Waals surface area (Å²) in [5.74, 6) is -0.450. The third-order valence-electron chi connectivity index (χ3n) is 3.17. The van der Waals surface area contributed by atoms with E-state index >= 15 is 0 Å². The fraction of sp³-hybridized carbons (Fsp3) is 0.0667. The zero-order chi connectivity index (χ0) is 13.7. The Hall–Kier alpha value is -1.59. The Kier molecular flexibility index (Phi) is 3.75. The fourth-order valence-electron chi connectivity index (χ4n) is 2.27. The van der Waals surface area contributed by atoms with Crippen molar-refractivity contribution in [1.82, 2.24) is 0 Å². The standard InChI is InChI=1S/C14H8BrNO2S.CH4/c15-8-5-9(19)10-11(12(8)16)14(18)7-4-2-1-3-6(7)13(10)17;/h1-5,19H,16H2;1H4. The Morgan fingerprint density at radius 2 is 1.50 bits per heavy atom. The molecule has 2 aromatic rings. The van der Waals surface area contributed by atoms with Gasteiger partial charge in [-0.1, -0.05) is 31.7 Å². The van der Waals surface area contributed by atoms with E-state index in [9.17, 15) is 9.59 Å². The number of thiol groups is 1. The van der Waals surface area contributed by atoms with Gasteiger partial charge in [0.05, 0.1) is 11.3 Å². The lowest BCUT2D eigenvalue weighted by Gasteiger charge is -2.20. The third-order valence-corrected chi connectivity index (χ3v) is 4.18. The molecule has 2 aromatic carbocycles. The number of hydrogen-bond acceptors (Lipinski definition) is 4. The van der Waals surface area contributed by atoms with E-state index in [0.717, 1.165) is 0 Å². The molecule has 0 saturated carbocycles. The minimum atomic E-state index is -0.237. The molecule has 3 rings (SSSR count). The van der Waals surface area contributed by atoms with Gasteiger partial charge in [0.15, 0.2) is 11.6 Å². The van der Waals surface area contributed by atoms with Gasteiger partial charge in [0.2, 0.25) is 0 Å². The summed E-state index contributed by atoms with van der Waals surface area (Å²) < 4.78 is 0.566.